The van der Waals surface area contributed by atoms with Crippen molar-refractivity contribution in [3.8, 4) is 6.07 Å². The number of aromatic amines is 1. The van der Waals surface area contributed by atoms with E-state index in [0.29, 0.717) is 28.0 Å². The molecular formula is C26H18Cl2N4. The zero-order valence-electron chi connectivity index (χ0n) is 17.2. The number of nitriles is 1. The van der Waals surface area contributed by atoms with Crippen LogP contribution in [-0.2, 0) is 6.54 Å². The number of nitrogens with zero attached hydrogens (tertiary/aromatic N) is 3. The third-order valence-corrected chi connectivity index (χ3v) is 6.21. The van der Waals surface area contributed by atoms with E-state index in [0.717, 1.165) is 38.6 Å². The molecule has 4 nitrogen and oxygen atoms in total. The standard InChI is InChI=1S/C26H18Cl2N4/c1-16-6-9-23-24(10-16)31-26(30-23)18(13-29)12-19-15-32(25-5-3-2-4-20(19)25)14-17-7-8-21(27)22(28)11-17/h2-12,15H,14H2,1H3,(H,30,31)/b18-12-. The van der Waals surface area contributed by atoms with E-state index in [-0.39, 0.29) is 0 Å². The fourth-order valence-corrected chi connectivity index (χ4v) is 4.24. The Bertz CT molecular complexity index is 1550. The van der Waals surface area contributed by atoms with Gasteiger partial charge in [-0.15, -0.1) is 0 Å². The van der Waals surface area contributed by atoms with Gasteiger partial charge in [-0.2, -0.15) is 5.26 Å². The van der Waals surface area contributed by atoms with Crippen LogP contribution in [0.2, 0.25) is 10.0 Å². The summed E-state index contributed by atoms with van der Waals surface area (Å²) >= 11 is 12.3. The number of para-hydroxylation sites is 1. The van der Waals surface area contributed by atoms with Crippen molar-refractivity contribution in [2.24, 2.45) is 0 Å². The Kier molecular flexibility index (Phi) is 5.22. The molecule has 0 amide bonds. The first kappa shape index (κ1) is 20.4. The molecule has 0 bridgehead atoms. The summed E-state index contributed by atoms with van der Waals surface area (Å²) in [5.41, 5.74) is 6.45. The summed E-state index contributed by atoms with van der Waals surface area (Å²) in [6.07, 6.45) is 3.94. The highest BCUT2D eigenvalue weighted by molar-refractivity contribution is 6.42. The Hall–Kier alpha value is -3.52. The summed E-state index contributed by atoms with van der Waals surface area (Å²) in [7, 11) is 0. The van der Waals surface area contributed by atoms with Gasteiger partial charge in [0.25, 0.3) is 0 Å². The number of hydrogen-bond donors (Lipinski definition) is 1. The lowest BCUT2D eigenvalue weighted by atomic mass is 10.1. The summed E-state index contributed by atoms with van der Waals surface area (Å²) in [5, 5.41) is 12.0. The van der Waals surface area contributed by atoms with E-state index in [1.807, 2.05) is 61.5 Å². The van der Waals surface area contributed by atoms with Crippen LogP contribution in [0.25, 0.3) is 33.6 Å². The molecule has 0 saturated heterocycles. The van der Waals surface area contributed by atoms with Crippen LogP contribution in [0.1, 0.15) is 22.5 Å². The minimum Gasteiger partial charge on any atom is -0.342 e. The molecule has 0 aliphatic rings. The quantitative estimate of drug-likeness (QED) is 0.289. The van der Waals surface area contributed by atoms with Crippen LogP contribution in [0, 0.1) is 18.3 Å². The molecule has 0 aliphatic carbocycles. The summed E-state index contributed by atoms with van der Waals surface area (Å²) in [6, 6.07) is 22.1. The second-order valence-electron chi connectivity index (χ2n) is 7.75. The molecule has 3 aromatic carbocycles. The predicted octanol–water partition coefficient (Wildman–Crippen LogP) is 7.25. The lowest BCUT2D eigenvalue weighted by Crippen LogP contribution is -1.97. The van der Waals surface area contributed by atoms with Crippen LogP contribution in [0.4, 0.5) is 0 Å². The minimum atomic E-state index is 0.483. The van der Waals surface area contributed by atoms with Crippen molar-refractivity contribution in [3.63, 3.8) is 0 Å². The molecular weight excluding hydrogens is 439 g/mol. The fraction of sp³-hybridized carbons (Fsp3) is 0.0769. The molecule has 0 unspecified atom stereocenters. The normalized spacial score (nSPS) is 11.9. The number of allylic oxidation sites excluding steroid dienone is 1. The van der Waals surface area contributed by atoms with Gasteiger partial charge in [0.05, 0.1) is 26.7 Å². The van der Waals surface area contributed by atoms with Crippen LogP contribution in [0.5, 0.6) is 0 Å². The van der Waals surface area contributed by atoms with Gasteiger partial charge in [0, 0.05) is 29.2 Å². The van der Waals surface area contributed by atoms with Gasteiger partial charge in [0.15, 0.2) is 0 Å². The van der Waals surface area contributed by atoms with Crippen molar-refractivity contribution in [2.75, 3.05) is 0 Å². The van der Waals surface area contributed by atoms with E-state index in [1.165, 1.54) is 0 Å². The summed E-state index contributed by atoms with van der Waals surface area (Å²) in [6.45, 7) is 2.67. The minimum absolute atomic E-state index is 0.483. The summed E-state index contributed by atoms with van der Waals surface area (Å²) in [4.78, 5) is 7.89. The number of aryl methyl sites for hydroxylation is 1. The number of fused-ring (bicyclic) bond motifs is 2. The molecule has 0 aliphatic heterocycles. The van der Waals surface area contributed by atoms with E-state index in [2.05, 4.69) is 38.9 Å². The SMILES string of the molecule is Cc1ccc2nc(/C(C#N)=C\c3cn(Cc4ccc(Cl)c(Cl)c4)c4ccccc34)[nH]c2c1. The van der Waals surface area contributed by atoms with Crippen molar-refractivity contribution >= 4 is 56.8 Å². The van der Waals surface area contributed by atoms with Crippen molar-refractivity contribution in [1.82, 2.24) is 14.5 Å². The second-order valence-corrected chi connectivity index (χ2v) is 8.57. The van der Waals surface area contributed by atoms with Gasteiger partial charge in [-0.3, -0.25) is 0 Å². The third kappa shape index (κ3) is 3.78. The monoisotopic (exact) mass is 456 g/mol. The average Bonchev–Trinajstić information content (AvgIpc) is 3.36. The van der Waals surface area contributed by atoms with Crippen molar-refractivity contribution in [2.45, 2.75) is 13.5 Å². The van der Waals surface area contributed by atoms with Gasteiger partial charge in [-0.25, -0.2) is 4.98 Å². The maximum Gasteiger partial charge on any atom is 0.149 e. The van der Waals surface area contributed by atoms with E-state index in [9.17, 15) is 5.26 Å². The molecule has 5 aromatic rings. The van der Waals surface area contributed by atoms with E-state index < -0.39 is 0 Å². The predicted molar refractivity (Wildman–Crippen MR) is 132 cm³/mol. The molecule has 2 heterocycles. The maximum absolute atomic E-state index is 9.88. The Morgan fingerprint density at radius 3 is 2.75 bits per heavy atom. The van der Waals surface area contributed by atoms with Crippen LogP contribution in [-0.4, -0.2) is 14.5 Å². The topological polar surface area (TPSA) is 57.4 Å². The number of imidazole rings is 1. The highest BCUT2D eigenvalue weighted by Crippen LogP contribution is 2.28. The van der Waals surface area contributed by atoms with Gasteiger partial charge >= 0.3 is 0 Å². The van der Waals surface area contributed by atoms with Gasteiger partial charge < -0.3 is 9.55 Å². The number of hydrogen-bond acceptors (Lipinski definition) is 2. The van der Waals surface area contributed by atoms with Gasteiger partial charge in [-0.1, -0.05) is 53.5 Å². The maximum atomic E-state index is 9.88. The van der Waals surface area contributed by atoms with Crippen LogP contribution in [0.15, 0.2) is 66.9 Å². The Morgan fingerprint density at radius 2 is 1.94 bits per heavy atom. The first-order chi connectivity index (χ1) is 15.5. The molecule has 32 heavy (non-hydrogen) atoms. The number of halogens is 2. The van der Waals surface area contributed by atoms with Crippen molar-refractivity contribution in [3.05, 3.63) is 99.4 Å². The highest BCUT2D eigenvalue weighted by Gasteiger charge is 2.12. The molecule has 0 spiro atoms. The lowest BCUT2D eigenvalue weighted by Gasteiger charge is -2.06. The number of H-pyrrole nitrogens is 1. The largest absolute Gasteiger partial charge is 0.342 e. The molecule has 156 valence electrons. The lowest BCUT2D eigenvalue weighted by molar-refractivity contribution is 0.836. The third-order valence-electron chi connectivity index (χ3n) is 5.47. The van der Waals surface area contributed by atoms with Gasteiger partial charge in [0.1, 0.15) is 11.9 Å². The first-order valence-electron chi connectivity index (χ1n) is 10.1. The highest BCUT2D eigenvalue weighted by atomic mass is 35.5. The molecule has 0 atom stereocenters. The fourth-order valence-electron chi connectivity index (χ4n) is 3.92. The number of aromatic nitrogens is 3. The number of nitrogens with one attached hydrogen (secondary N) is 1. The zero-order valence-corrected chi connectivity index (χ0v) is 18.7. The number of rotatable bonds is 4. The molecule has 0 saturated carbocycles. The average molecular weight is 457 g/mol. The van der Waals surface area contributed by atoms with Crippen LogP contribution in [0.3, 0.4) is 0 Å². The molecule has 0 fully saturated rings. The Balaban J connectivity index is 1.59. The molecule has 2 aromatic heterocycles. The van der Waals surface area contributed by atoms with E-state index in [1.54, 1.807) is 0 Å². The van der Waals surface area contributed by atoms with Crippen LogP contribution < -0.4 is 0 Å². The molecule has 6 heteroatoms. The smallest absolute Gasteiger partial charge is 0.149 e. The Morgan fingerprint density at radius 1 is 1.09 bits per heavy atom. The second kappa shape index (κ2) is 8.20. The van der Waals surface area contributed by atoms with Gasteiger partial charge in [0.2, 0.25) is 0 Å². The van der Waals surface area contributed by atoms with E-state index >= 15 is 0 Å². The number of benzene rings is 3. The molecule has 0 radical (unpaired) electrons. The van der Waals surface area contributed by atoms with Crippen molar-refractivity contribution < 1.29 is 0 Å². The summed E-state index contributed by atoms with van der Waals surface area (Å²) < 4.78 is 2.15. The summed E-state index contributed by atoms with van der Waals surface area (Å²) in [5.74, 6) is 0.564. The van der Waals surface area contributed by atoms with Gasteiger partial charge in [-0.05, 0) is 54.5 Å². The van der Waals surface area contributed by atoms with Crippen molar-refractivity contribution in [1.29, 1.82) is 5.26 Å². The Labute approximate surface area is 195 Å². The molecule has 1 N–H and O–H groups in total. The first-order valence-corrected chi connectivity index (χ1v) is 10.9. The molecule has 5 rings (SSSR count). The van der Waals surface area contributed by atoms with E-state index in [4.69, 9.17) is 23.2 Å². The zero-order chi connectivity index (χ0) is 22.2. The van der Waals surface area contributed by atoms with Crippen LogP contribution >= 0.6 is 23.2 Å².